The molecule has 0 saturated heterocycles. The van der Waals surface area contributed by atoms with Crippen LogP contribution in [0.25, 0.3) is 0 Å². The van der Waals surface area contributed by atoms with E-state index in [1.165, 1.54) is 0 Å². The van der Waals surface area contributed by atoms with Crippen molar-refractivity contribution in [1.29, 1.82) is 0 Å². The van der Waals surface area contributed by atoms with Crippen molar-refractivity contribution < 1.29 is 24.1 Å². The summed E-state index contributed by atoms with van der Waals surface area (Å²) in [4.78, 5) is 10.8. The van der Waals surface area contributed by atoms with Gasteiger partial charge in [0.2, 0.25) is 0 Å². The second kappa shape index (κ2) is 11.8. The number of aliphatic carboxylic acids is 1. The van der Waals surface area contributed by atoms with E-state index in [-0.39, 0.29) is 0 Å². The van der Waals surface area contributed by atoms with Crippen LogP contribution in [0.4, 0.5) is 0 Å². The van der Waals surface area contributed by atoms with E-state index in [1.54, 1.807) is 7.11 Å². The molecule has 0 aliphatic carbocycles. The molecule has 0 radical (unpaired) electrons. The predicted octanol–water partition coefficient (Wildman–Crippen LogP) is 1.70. The summed E-state index contributed by atoms with van der Waals surface area (Å²) in [5.41, 5.74) is 0. The number of carboxylic acid groups (broad SMARTS) is 1. The van der Waals surface area contributed by atoms with Crippen molar-refractivity contribution in [1.82, 2.24) is 0 Å². The first-order chi connectivity index (χ1) is 8.22. The second-order valence-corrected chi connectivity index (χ2v) is 3.80. The molecule has 0 aromatic carbocycles. The molecule has 0 aromatic heterocycles. The van der Waals surface area contributed by atoms with Crippen LogP contribution < -0.4 is 0 Å². The van der Waals surface area contributed by atoms with Gasteiger partial charge in [-0.2, -0.15) is 0 Å². The van der Waals surface area contributed by atoms with Crippen molar-refractivity contribution in [2.75, 3.05) is 33.5 Å². The van der Waals surface area contributed by atoms with Gasteiger partial charge in [-0.25, -0.2) is 4.79 Å². The minimum absolute atomic E-state index is 0.424. The molecule has 0 aromatic rings. The van der Waals surface area contributed by atoms with E-state index in [9.17, 15) is 4.79 Å². The smallest absolute Gasteiger partial charge is 0.332 e. The van der Waals surface area contributed by atoms with Gasteiger partial charge in [-0.3, -0.25) is 0 Å². The molecule has 1 atom stereocenters. The molecule has 0 spiro atoms. The zero-order valence-corrected chi connectivity index (χ0v) is 10.8. The van der Waals surface area contributed by atoms with E-state index >= 15 is 0 Å². The lowest BCUT2D eigenvalue weighted by Gasteiger charge is -2.13. The number of hydrogen-bond donors (Lipinski definition) is 1. The van der Waals surface area contributed by atoms with Crippen LogP contribution in [0.15, 0.2) is 0 Å². The average Bonchev–Trinajstić information content (AvgIpc) is 2.31. The van der Waals surface area contributed by atoms with Crippen LogP contribution in [0.5, 0.6) is 0 Å². The van der Waals surface area contributed by atoms with Crippen molar-refractivity contribution in [3.05, 3.63) is 0 Å². The molecule has 0 bridgehead atoms. The Bertz CT molecular complexity index is 184. The highest BCUT2D eigenvalue weighted by atomic mass is 16.5. The lowest BCUT2D eigenvalue weighted by molar-refractivity contribution is -0.151. The lowest BCUT2D eigenvalue weighted by atomic mass is 10.1. The molecule has 102 valence electrons. The Labute approximate surface area is 103 Å². The fourth-order valence-corrected chi connectivity index (χ4v) is 1.30. The Morgan fingerprint density at radius 3 is 2.53 bits per heavy atom. The lowest BCUT2D eigenvalue weighted by Crippen LogP contribution is -2.24. The van der Waals surface area contributed by atoms with Crippen molar-refractivity contribution in [2.45, 2.75) is 38.7 Å². The number of rotatable bonds is 12. The van der Waals surface area contributed by atoms with Crippen LogP contribution in [0.2, 0.25) is 0 Å². The summed E-state index contributed by atoms with van der Waals surface area (Å²) in [6, 6.07) is 0. The monoisotopic (exact) mass is 248 g/mol. The van der Waals surface area contributed by atoms with Crippen LogP contribution >= 0.6 is 0 Å². The van der Waals surface area contributed by atoms with Crippen LogP contribution in [0, 0.1) is 0 Å². The zero-order chi connectivity index (χ0) is 12.9. The Morgan fingerprint density at radius 2 is 1.94 bits per heavy atom. The average molecular weight is 248 g/mol. The Hall–Kier alpha value is -0.650. The maximum atomic E-state index is 10.8. The maximum Gasteiger partial charge on any atom is 0.332 e. The van der Waals surface area contributed by atoms with Crippen molar-refractivity contribution >= 4 is 5.97 Å². The first kappa shape index (κ1) is 16.4. The van der Waals surface area contributed by atoms with Gasteiger partial charge in [0.25, 0.3) is 0 Å². The molecule has 1 unspecified atom stereocenters. The molecule has 0 saturated carbocycles. The van der Waals surface area contributed by atoms with Crippen LogP contribution in [-0.4, -0.2) is 50.7 Å². The molecule has 0 amide bonds. The third-order valence-electron chi connectivity index (χ3n) is 2.28. The fraction of sp³-hybridized carbons (Fsp3) is 0.917. The van der Waals surface area contributed by atoms with Gasteiger partial charge in [0, 0.05) is 20.3 Å². The number of hydrogen-bond acceptors (Lipinski definition) is 4. The minimum atomic E-state index is -0.876. The zero-order valence-electron chi connectivity index (χ0n) is 10.8. The largest absolute Gasteiger partial charge is 0.479 e. The van der Waals surface area contributed by atoms with Crippen molar-refractivity contribution in [3.8, 4) is 0 Å². The molecular formula is C12H24O5. The van der Waals surface area contributed by atoms with Gasteiger partial charge in [-0.15, -0.1) is 0 Å². The number of carboxylic acids is 1. The topological polar surface area (TPSA) is 65.0 Å². The highest BCUT2D eigenvalue weighted by Crippen LogP contribution is 2.05. The first-order valence-electron chi connectivity index (χ1n) is 6.13. The molecule has 17 heavy (non-hydrogen) atoms. The molecule has 5 nitrogen and oxygen atoms in total. The molecule has 0 fully saturated rings. The SMILES string of the molecule is CCCCC(OCCCOCCOC)C(=O)O. The van der Waals surface area contributed by atoms with Gasteiger partial charge in [0.15, 0.2) is 6.10 Å². The highest BCUT2D eigenvalue weighted by molar-refractivity contribution is 5.72. The van der Waals surface area contributed by atoms with Gasteiger partial charge < -0.3 is 19.3 Å². The predicted molar refractivity (Wildman–Crippen MR) is 64.2 cm³/mol. The van der Waals surface area contributed by atoms with E-state index in [0.717, 1.165) is 12.8 Å². The van der Waals surface area contributed by atoms with Gasteiger partial charge in [0.1, 0.15) is 0 Å². The van der Waals surface area contributed by atoms with Crippen LogP contribution in [0.1, 0.15) is 32.6 Å². The standard InChI is InChI=1S/C12H24O5/c1-3-4-6-11(12(13)14)17-8-5-7-16-10-9-15-2/h11H,3-10H2,1-2H3,(H,13,14). The van der Waals surface area contributed by atoms with Gasteiger partial charge in [0.05, 0.1) is 13.2 Å². The highest BCUT2D eigenvalue weighted by Gasteiger charge is 2.16. The minimum Gasteiger partial charge on any atom is -0.479 e. The normalized spacial score (nSPS) is 12.6. The fourth-order valence-electron chi connectivity index (χ4n) is 1.30. The van der Waals surface area contributed by atoms with E-state index in [4.69, 9.17) is 19.3 Å². The van der Waals surface area contributed by atoms with Crippen molar-refractivity contribution in [3.63, 3.8) is 0 Å². The van der Waals surface area contributed by atoms with Crippen LogP contribution in [-0.2, 0) is 19.0 Å². The summed E-state index contributed by atoms with van der Waals surface area (Å²) in [5, 5.41) is 8.90. The first-order valence-corrected chi connectivity index (χ1v) is 6.13. The Kier molecular flexibility index (Phi) is 11.4. The summed E-state index contributed by atoms with van der Waals surface area (Å²) in [7, 11) is 1.62. The quantitative estimate of drug-likeness (QED) is 0.532. The molecular weight excluding hydrogens is 224 g/mol. The summed E-state index contributed by atoms with van der Waals surface area (Å²) >= 11 is 0. The molecule has 0 aliphatic rings. The molecule has 0 rings (SSSR count). The number of methoxy groups -OCH3 is 1. The van der Waals surface area contributed by atoms with Crippen LogP contribution in [0.3, 0.4) is 0 Å². The summed E-state index contributed by atoms with van der Waals surface area (Å²) in [6.45, 7) is 4.17. The van der Waals surface area contributed by atoms with E-state index < -0.39 is 12.1 Å². The van der Waals surface area contributed by atoms with E-state index in [0.29, 0.717) is 39.3 Å². The summed E-state index contributed by atoms with van der Waals surface area (Å²) < 4.78 is 15.4. The third-order valence-corrected chi connectivity index (χ3v) is 2.28. The van der Waals surface area contributed by atoms with Gasteiger partial charge in [-0.1, -0.05) is 19.8 Å². The number of carbonyl (C=O) groups is 1. The van der Waals surface area contributed by atoms with Gasteiger partial charge >= 0.3 is 5.97 Å². The van der Waals surface area contributed by atoms with E-state index in [1.807, 2.05) is 6.92 Å². The number of unbranched alkanes of at least 4 members (excludes halogenated alkanes) is 1. The second-order valence-electron chi connectivity index (χ2n) is 3.80. The maximum absolute atomic E-state index is 10.8. The molecule has 1 N–H and O–H groups in total. The third kappa shape index (κ3) is 10.2. The molecule has 0 heterocycles. The summed E-state index contributed by atoms with van der Waals surface area (Å²) in [5.74, 6) is -0.876. The Balaban J connectivity index is 3.44. The van der Waals surface area contributed by atoms with Crippen molar-refractivity contribution in [2.24, 2.45) is 0 Å². The molecule has 0 aliphatic heterocycles. The van der Waals surface area contributed by atoms with E-state index in [2.05, 4.69) is 0 Å². The molecule has 5 heteroatoms. The Morgan fingerprint density at radius 1 is 1.18 bits per heavy atom. The number of ether oxygens (including phenoxy) is 3. The van der Waals surface area contributed by atoms with Gasteiger partial charge in [-0.05, 0) is 12.8 Å². The summed E-state index contributed by atoms with van der Waals surface area (Å²) in [6.07, 6.45) is 2.47.